The number of piperazine rings is 1. The van der Waals surface area contributed by atoms with Crippen LogP contribution in [0.15, 0.2) is 48.5 Å². The van der Waals surface area contributed by atoms with Gasteiger partial charge in [0.2, 0.25) is 11.8 Å². The van der Waals surface area contributed by atoms with Gasteiger partial charge in [-0.1, -0.05) is 42.5 Å². The first-order chi connectivity index (χ1) is 14.6. The zero-order chi connectivity index (χ0) is 20.9. The lowest BCUT2D eigenvalue weighted by molar-refractivity contribution is -0.127. The molecule has 0 spiro atoms. The molecule has 4 rings (SSSR count). The highest BCUT2D eigenvalue weighted by atomic mass is 16.2. The summed E-state index contributed by atoms with van der Waals surface area (Å²) in [5, 5.41) is 3.08. The smallest absolute Gasteiger partial charge is 0.238 e. The van der Waals surface area contributed by atoms with E-state index in [4.69, 9.17) is 5.73 Å². The first-order valence-corrected chi connectivity index (χ1v) is 10.8. The van der Waals surface area contributed by atoms with Crippen LogP contribution >= 0.6 is 0 Å². The molecule has 0 unspecified atom stereocenters. The SMILES string of the molecule is NC(=O)[C@@H]1CN(Cc2ccccc2)CCN1CC(=O)Nc1cccc2c1CCCC2. The van der Waals surface area contributed by atoms with E-state index in [9.17, 15) is 9.59 Å². The van der Waals surface area contributed by atoms with Crippen molar-refractivity contribution < 1.29 is 9.59 Å². The summed E-state index contributed by atoms with van der Waals surface area (Å²) < 4.78 is 0. The maximum absolute atomic E-state index is 12.8. The number of nitrogens with zero attached hydrogens (tertiary/aromatic N) is 2. The molecule has 1 atom stereocenters. The summed E-state index contributed by atoms with van der Waals surface area (Å²) >= 11 is 0. The largest absolute Gasteiger partial charge is 0.368 e. The summed E-state index contributed by atoms with van der Waals surface area (Å²) in [6, 6.07) is 15.9. The van der Waals surface area contributed by atoms with Gasteiger partial charge in [0.15, 0.2) is 0 Å². The number of hydrogen-bond donors (Lipinski definition) is 2. The van der Waals surface area contributed by atoms with Crippen LogP contribution in [0.25, 0.3) is 0 Å². The number of nitrogens with one attached hydrogen (secondary N) is 1. The molecule has 2 aromatic carbocycles. The molecule has 0 aromatic heterocycles. The van der Waals surface area contributed by atoms with E-state index in [-0.39, 0.29) is 18.4 Å². The van der Waals surface area contributed by atoms with E-state index < -0.39 is 6.04 Å². The van der Waals surface area contributed by atoms with Gasteiger partial charge in [0.25, 0.3) is 0 Å². The Bertz CT molecular complexity index is 899. The fraction of sp³-hybridized carbons (Fsp3) is 0.417. The number of aryl methyl sites for hydroxylation is 1. The van der Waals surface area contributed by atoms with Gasteiger partial charge < -0.3 is 11.1 Å². The Labute approximate surface area is 178 Å². The number of benzene rings is 2. The van der Waals surface area contributed by atoms with Gasteiger partial charge in [-0.2, -0.15) is 0 Å². The van der Waals surface area contributed by atoms with E-state index in [1.165, 1.54) is 23.1 Å². The highest BCUT2D eigenvalue weighted by molar-refractivity contribution is 5.93. The van der Waals surface area contributed by atoms with Crippen molar-refractivity contribution in [3.8, 4) is 0 Å². The molecule has 3 N–H and O–H groups in total. The summed E-state index contributed by atoms with van der Waals surface area (Å²) in [5.41, 5.74) is 10.4. The number of hydrogen-bond acceptors (Lipinski definition) is 4. The van der Waals surface area contributed by atoms with Crippen LogP contribution in [0.5, 0.6) is 0 Å². The lowest BCUT2D eigenvalue weighted by Crippen LogP contribution is -2.59. The quantitative estimate of drug-likeness (QED) is 0.771. The second-order valence-corrected chi connectivity index (χ2v) is 8.31. The predicted octanol–water partition coefficient (Wildman–Crippen LogP) is 2.18. The average Bonchev–Trinajstić information content (AvgIpc) is 2.75. The van der Waals surface area contributed by atoms with Gasteiger partial charge >= 0.3 is 0 Å². The van der Waals surface area contributed by atoms with Crippen LogP contribution in [-0.2, 0) is 29.0 Å². The van der Waals surface area contributed by atoms with Gasteiger partial charge in [-0.05, 0) is 48.4 Å². The molecule has 1 saturated heterocycles. The van der Waals surface area contributed by atoms with Crippen molar-refractivity contribution in [1.82, 2.24) is 9.80 Å². The van der Waals surface area contributed by atoms with Crippen LogP contribution in [0.4, 0.5) is 5.69 Å². The second kappa shape index (κ2) is 9.41. The van der Waals surface area contributed by atoms with Crippen LogP contribution in [0.3, 0.4) is 0 Å². The average molecular weight is 407 g/mol. The van der Waals surface area contributed by atoms with Crippen molar-refractivity contribution in [2.75, 3.05) is 31.5 Å². The zero-order valence-electron chi connectivity index (χ0n) is 17.3. The number of carbonyl (C=O) groups is 2. The molecule has 0 radical (unpaired) electrons. The highest BCUT2D eigenvalue weighted by Gasteiger charge is 2.32. The molecular weight excluding hydrogens is 376 g/mol. The van der Waals surface area contributed by atoms with Crippen molar-refractivity contribution in [2.45, 2.75) is 38.3 Å². The molecule has 0 saturated carbocycles. The molecule has 6 nitrogen and oxygen atoms in total. The van der Waals surface area contributed by atoms with E-state index in [0.717, 1.165) is 38.0 Å². The summed E-state index contributed by atoms with van der Waals surface area (Å²) in [5.74, 6) is -0.464. The normalized spacial score (nSPS) is 19.8. The van der Waals surface area contributed by atoms with Gasteiger partial charge in [-0.3, -0.25) is 19.4 Å². The van der Waals surface area contributed by atoms with Crippen LogP contribution in [0.2, 0.25) is 0 Å². The lowest BCUT2D eigenvalue weighted by Gasteiger charge is -2.39. The third kappa shape index (κ3) is 4.89. The van der Waals surface area contributed by atoms with Crippen molar-refractivity contribution in [3.63, 3.8) is 0 Å². The molecule has 0 bridgehead atoms. The van der Waals surface area contributed by atoms with E-state index in [0.29, 0.717) is 13.1 Å². The molecule has 2 amide bonds. The number of carbonyl (C=O) groups excluding carboxylic acids is 2. The Morgan fingerprint density at radius 1 is 1.00 bits per heavy atom. The number of fused-ring (bicyclic) bond motifs is 1. The molecule has 1 heterocycles. The Morgan fingerprint density at radius 2 is 1.80 bits per heavy atom. The standard InChI is InChI=1S/C24H30N4O2/c25-24(30)22-16-27(15-18-7-2-1-3-8-18)13-14-28(22)17-23(29)26-21-12-6-10-19-9-4-5-11-20(19)21/h1-3,6-8,10,12,22H,4-5,9,11,13-17H2,(H2,25,30)(H,26,29)/t22-/m0/s1. The number of primary amides is 1. The molecule has 2 aromatic rings. The minimum absolute atomic E-state index is 0.0864. The molecular formula is C24H30N4O2. The number of amides is 2. The van der Waals surface area contributed by atoms with Gasteiger partial charge in [0, 0.05) is 31.9 Å². The van der Waals surface area contributed by atoms with Gasteiger partial charge in [-0.25, -0.2) is 0 Å². The molecule has 158 valence electrons. The van der Waals surface area contributed by atoms with Crippen molar-refractivity contribution in [2.24, 2.45) is 5.73 Å². The molecule has 1 aliphatic carbocycles. The Balaban J connectivity index is 1.38. The van der Waals surface area contributed by atoms with Gasteiger partial charge in [0.1, 0.15) is 6.04 Å². The fourth-order valence-corrected chi connectivity index (χ4v) is 4.59. The van der Waals surface area contributed by atoms with Crippen molar-refractivity contribution in [3.05, 3.63) is 65.2 Å². The maximum atomic E-state index is 12.8. The first kappa shape index (κ1) is 20.6. The lowest BCUT2D eigenvalue weighted by atomic mass is 9.90. The van der Waals surface area contributed by atoms with Gasteiger partial charge in [-0.15, -0.1) is 0 Å². The molecule has 30 heavy (non-hydrogen) atoms. The Morgan fingerprint density at radius 3 is 2.60 bits per heavy atom. The molecule has 2 aliphatic rings. The Hall–Kier alpha value is -2.70. The minimum atomic E-state index is -0.460. The van der Waals surface area contributed by atoms with Crippen LogP contribution in [0, 0.1) is 0 Å². The van der Waals surface area contributed by atoms with E-state index in [2.05, 4.69) is 28.4 Å². The molecule has 1 aliphatic heterocycles. The summed E-state index contributed by atoms with van der Waals surface area (Å²) in [6.45, 7) is 2.93. The fourth-order valence-electron chi connectivity index (χ4n) is 4.59. The monoisotopic (exact) mass is 406 g/mol. The third-order valence-corrected chi connectivity index (χ3v) is 6.17. The van der Waals surface area contributed by atoms with Crippen LogP contribution < -0.4 is 11.1 Å². The second-order valence-electron chi connectivity index (χ2n) is 8.31. The van der Waals surface area contributed by atoms with Crippen LogP contribution in [-0.4, -0.2) is 53.8 Å². The third-order valence-electron chi connectivity index (χ3n) is 6.17. The summed E-state index contributed by atoms with van der Waals surface area (Å²) in [4.78, 5) is 29.0. The number of nitrogens with two attached hydrogens (primary N) is 1. The zero-order valence-corrected chi connectivity index (χ0v) is 17.3. The summed E-state index contributed by atoms with van der Waals surface area (Å²) in [6.07, 6.45) is 4.45. The summed E-state index contributed by atoms with van der Waals surface area (Å²) in [7, 11) is 0. The number of rotatable bonds is 6. The number of anilines is 1. The highest BCUT2D eigenvalue weighted by Crippen LogP contribution is 2.28. The molecule has 6 heteroatoms. The van der Waals surface area contributed by atoms with Crippen molar-refractivity contribution >= 4 is 17.5 Å². The van der Waals surface area contributed by atoms with Gasteiger partial charge in [0.05, 0.1) is 6.54 Å². The van der Waals surface area contributed by atoms with Crippen molar-refractivity contribution in [1.29, 1.82) is 0 Å². The minimum Gasteiger partial charge on any atom is -0.368 e. The van der Waals surface area contributed by atoms with E-state index >= 15 is 0 Å². The van der Waals surface area contributed by atoms with E-state index in [1.807, 2.05) is 35.2 Å². The maximum Gasteiger partial charge on any atom is 0.238 e. The Kier molecular flexibility index (Phi) is 6.45. The van der Waals surface area contributed by atoms with Crippen LogP contribution in [0.1, 0.15) is 29.5 Å². The predicted molar refractivity (Wildman–Crippen MR) is 118 cm³/mol. The molecule has 1 fully saturated rings. The topological polar surface area (TPSA) is 78.7 Å². The first-order valence-electron chi connectivity index (χ1n) is 10.8. The van der Waals surface area contributed by atoms with E-state index in [1.54, 1.807) is 0 Å².